The normalized spacial score (nSPS) is 20.3. The quantitative estimate of drug-likeness (QED) is 0.841. The molecule has 1 aliphatic heterocycles. The van der Waals surface area contributed by atoms with Gasteiger partial charge in [-0.15, -0.1) is 11.3 Å². The van der Waals surface area contributed by atoms with Gasteiger partial charge in [0.1, 0.15) is 4.90 Å². The van der Waals surface area contributed by atoms with Gasteiger partial charge in [0.25, 0.3) is 0 Å². The van der Waals surface area contributed by atoms with E-state index in [0.717, 1.165) is 32.1 Å². The molecule has 1 atom stereocenters. The summed E-state index contributed by atoms with van der Waals surface area (Å²) in [4.78, 5) is 1.63. The molecule has 0 aliphatic carbocycles. The molecule has 0 saturated carbocycles. The van der Waals surface area contributed by atoms with Crippen LogP contribution in [0.25, 0.3) is 0 Å². The third-order valence-electron chi connectivity index (χ3n) is 4.16. The molecule has 1 saturated heterocycles. The minimum Gasteiger partial charge on any atom is -0.274 e. The second-order valence-electron chi connectivity index (χ2n) is 5.73. The maximum atomic E-state index is 12.8. The number of rotatable bonds is 5. The second kappa shape index (κ2) is 6.52. The molecule has 0 unspecified atom stereocenters. The molecule has 0 bridgehead atoms. The Morgan fingerprint density at radius 2 is 2.27 bits per heavy atom. The fourth-order valence-corrected chi connectivity index (χ4v) is 5.44. The maximum Gasteiger partial charge on any atom is 0.246 e. The summed E-state index contributed by atoms with van der Waals surface area (Å²) < 4.78 is 28.9. The van der Waals surface area contributed by atoms with E-state index in [0.29, 0.717) is 11.4 Å². The molecule has 0 spiro atoms. The smallest absolute Gasteiger partial charge is 0.246 e. The number of hydrogen-bond donors (Lipinski definition) is 0. The predicted octanol–water partition coefficient (Wildman–Crippen LogP) is 2.66. The molecule has 0 aromatic carbocycles. The van der Waals surface area contributed by atoms with Crippen LogP contribution in [0.4, 0.5) is 0 Å². The van der Waals surface area contributed by atoms with E-state index in [4.69, 9.17) is 0 Å². The molecule has 120 valence electrons. The van der Waals surface area contributed by atoms with Crippen LogP contribution in [0.15, 0.2) is 34.8 Å². The minimum absolute atomic E-state index is 0.0982. The van der Waals surface area contributed by atoms with Crippen molar-refractivity contribution in [2.75, 3.05) is 6.54 Å². The van der Waals surface area contributed by atoms with Gasteiger partial charge in [-0.1, -0.05) is 12.5 Å². The van der Waals surface area contributed by atoms with Gasteiger partial charge in [-0.05, 0) is 37.1 Å². The first-order valence-corrected chi connectivity index (χ1v) is 9.92. The van der Waals surface area contributed by atoms with Crippen molar-refractivity contribution in [2.45, 2.75) is 43.0 Å². The topological polar surface area (TPSA) is 55.2 Å². The zero-order chi connectivity index (χ0) is 15.6. The SMILES string of the molecule is Cn1cc(S(=O)(=O)N2CCCC[C@@H]2CCc2cccs2)cn1. The van der Waals surface area contributed by atoms with Gasteiger partial charge in [-0.25, -0.2) is 8.42 Å². The minimum atomic E-state index is -3.43. The predicted molar refractivity (Wildman–Crippen MR) is 87.4 cm³/mol. The van der Waals surface area contributed by atoms with Crippen LogP contribution in [0, 0.1) is 0 Å². The molecule has 3 heterocycles. The Balaban J connectivity index is 1.77. The average Bonchev–Trinajstić information content (AvgIpc) is 3.17. The first kappa shape index (κ1) is 15.7. The molecule has 0 radical (unpaired) electrons. The summed E-state index contributed by atoms with van der Waals surface area (Å²) in [6.07, 6.45) is 7.86. The Morgan fingerprint density at radius 3 is 2.95 bits per heavy atom. The fourth-order valence-electron chi connectivity index (χ4n) is 3.01. The van der Waals surface area contributed by atoms with Gasteiger partial charge in [-0.2, -0.15) is 9.40 Å². The zero-order valence-corrected chi connectivity index (χ0v) is 14.3. The summed E-state index contributed by atoms with van der Waals surface area (Å²) in [5.74, 6) is 0. The maximum absolute atomic E-state index is 12.8. The van der Waals surface area contributed by atoms with Crippen LogP contribution in [0.1, 0.15) is 30.6 Å². The van der Waals surface area contributed by atoms with E-state index in [-0.39, 0.29) is 6.04 Å². The molecule has 0 amide bonds. The van der Waals surface area contributed by atoms with E-state index in [1.54, 1.807) is 28.9 Å². The number of aryl methyl sites for hydroxylation is 2. The summed E-state index contributed by atoms with van der Waals surface area (Å²) in [5.41, 5.74) is 0. The number of hydrogen-bond acceptors (Lipinski definition) is 4. The Morgan fingerprint density at radius 1 is 1.41 bits per heavy atom. The van der Waals surface area contributed by atoms with Crippen LogP contribution >= 0.6 is 11.3 Å². The van der Waals surface area contributed by atoms with Crippen LogP contribution in [0.2, 0.25) is 0 Å². The van der Waals surface area contributed by atoms with Crippen LogP contribution < -0.4 is 0 Å². The lowest BCUT2D eigenvalue weighted by molar-refractivity contribution is 0.241. The summed E-state index contributed by atoms with van der Waals surface area (Å²) in [7, 11) is -1.69. The lowest BCUT2D eigenvalue weighted by Gasteiger charge is -2.34. The molecule has 22 heavy (non-hydrogen) atoms. The number of piperidine rings is 1. The number of aromatic nitrogens is 2. The van der Waals surface area contributed by atoms with Crippen molar-refractivity contribution < 1.29 is 8.42 Å². The fraction of sp³-hybridized carbons (Fsp3) is 0.533. The Hall–Kier alpha value is -1.18. The van der Waals surface area contributed by atoms with Crippen LogP contribution in [0.5, 0.6) is 0 Å². The highest BCUT2D eigenvalue weighted by atomic mass is 32.2. The number of nitrogens with zero attached hydrogens (tertiary/aromatic N) is 3. The molecule has 5 nitrogen and oxygen atoms in total. The Labute approximate surface area is 135 Å². The summed E-state index contributed by atoms with van der Waals surface area (Å²) in [6.45, 7) is 0.617. The van der Waals surface area contributed by atoms with Crippen LogP contribution in [0.3, 0.4) is 0 Å². The average molecular weight is 339 g/mol. The van der Waals surface area contributed by atoms with Crippen molar-refractivity contribution in [3.63, 3.8) is 0 Å². The molecule has 0 N–H and O–H groups in total. The van der Waals surface area contributed by atoms with Gasteiger partial charge < -0.3 is 0 Å². The third kappa shape index (κ3) is 3.26. The molecule has 1 aliphatic rings. The lowest BCUT2D eigenvalue weighted by atomic mass is 10.0. The standard InChI is InChI=1S/C15H21N3O2S2/c1-17-12-15(11-16-17)22(19,20)18-9-3-2-5-13(18)7-8-14-6-4-10-21-14/h4,6,10-13H,2-3,5,7-9H2,1H3/t13-/m1/s1. The van der Waals surface area contributed by atoms with E-state index in [2.05, 4.69) is 16.5 Å². The number of sulfonamides is 1. The molecule has 2 aromatic heterocycles. The van der Waals surface area contributed by atoms with E-state index in [1.165, 1.54) is 15.8 Å². The van der Waals surface area contributed by atoms with Crippen molar-refractivity contribution in [3.8, 4) is 0 Å². The molecule has 7 heteroatoms. The van der Waals surface area contributed by atoms with Crippen molar-refractivity contribution >= 4 is 21.4 Å². The monoisotopic (exact) mass is 339 g/mol. The van der Waals surface area contributed by atoms with Gasteiger partial charge in [0.2, 0.25) is 10.0 Å². The summed E-state index contributed by atoms with van der Waals surface area (Å²) >= 11 is 1.74. The van der Waals surface area contributed by atoms with Gasteiger partial charge in [0.05, 0.1) is 6.20 Å². The van der Waals surface area contributed by atoms with Crippen LogP contribution in [-0.4, -0.2) is 35.1 Å². The van der Waals surface area contributed by atoms with Crippen molar-refractivity contribution in [1.29, 1.82) is 0 Å². The molecular formula is C15H21N3O2S2. The molecule has 2 aromatic rings. The van der Waals surface area contributed by atoms with Gasteiger partial charge in [0, 0.05) is 30.7 Å². The Kier molecular flexibility index (Phi) is 4.65. The third-order valence-corrected chi connectivity index (χ3v) is 7.01. The lowest BCUT2D eigenvalue weighted by Crippen LogP contribution is -2.43. The van der Waals surface area contributed by atoms with E-state index in [1.807, 2.05) is 6.07 Å². The summed E-state index contributed by atoms with van der Waals surface area (Å²) in [6, 6.07) is 4.26. The van der Waals surface area contributed by atoms with Crippen molar-refractivity contribution in [1.82, 2.24) is 14.1 Å². The zero-order valence-electron chi connectivity index (χ0n) is 12.7. The molecule has 1 fully saturated rings. The second-order valence-corrected chi connectivity index (χ2v) is 8.66. The van der Waals surface area contributed by atoms with Crippen molar-refractivity contribution in [3.05, 3.63) is 34.8 Å². The molecular weight excluding hydrogens is 318 g/mol. The van der Waals surface area contributed by atoms with E-state index in [9.17, 15) is 8.42 Å². The first-order valence-electron chi connectivity index (χ1n) is 7.60. The highest BCUT2D eigenvalue weighted by molar-refractivity contribution is 7.89. The van der Waals surface area contributed by atoms with E-state index >= 15 is 0 Å². The first-order chi connectivity index (χ1) is 10.6. The summed E-state index contributed by atoms with van der Waals surface area (Å²) in [5, 5.41) is 6.07. The van der Waals surface area contributed by atoms with Gasteiger partial charge in [0.15, 0.2) is 0 Å². The Bertz CT molecular complexity index is 707. The number of thiophene rings is 1. The van der Waals surface area contributed by atoms with Crippen LogP contribution in [-0.2, 0) is 23.5 Å². The van der Waals surface area contributed by atoms with E-state index < -0.39 is 10.0 Å². The van der Waals surface area contributed by atoms with Crippen molar-refractivity contribution in [2.24, 2.45) is 7.05 Å². The van der Waals surface area contributed by atoms with Gasteiger partial charge in [-0.3, -0.25) is 4.68 Å². The highest BCUT2D eigenvalue weighted by Gasteiger charge is 2.33. The molecule has 3 rings (SSSR count). The van der Waals surface area contributed by atoms with Gasteiger partial charge >= 0.3 is 0 Å². The largest absolute Gasteiger partial charge is 0.274 e. The highest BCUT2D eigenvalue weighted by Crippen LogP contribution is 2.28.